The molecule has 18 heavy (non-hydrogen) atoms. The first kappa shape index (κ1) is 12.6. The smallest absolute Gasteiger partial charge is 0.153 e. The lowest BCUT2D eigenvalue weighted by molar-refractivity contribution is 0.112. The molecule has 0 atom stereocenters. The fourth-order valence-electron chi connectivity index (χ4n) is 1.82. The van der Waals surface area contributed by atoms with Gasteiger partial charge >= 0.3 is 0 Å². The molecule has 0 saturated carbocycles. The standard InChI is InChI=1S/C15H18N2O/c1-15(2,3)14-6-4-12(5-7-14)9-17-10-13(11-18)8-16-17/h4-8,10-11H,9H2,1-3H3. The summed E-state index contributed by atoms with van der Waals surface area (Å²) in [6.07, 6.45) is 4.15. The predicted molar refractivity (Wildman–Crippen MR) is 71.9 cm³/mol. The Bertz CT molecular complexity index is 532. The molecule has 0 fully saturated rings. The zero-order chi connectivity index (χ0) is 13.2. The monoisotopic (exact) mass is 242 g/mol. The van der Waals surface area contributed by atoms with Crippen LogP contribution in [0, 0.1) is 0 Å². The third-order valence-corrected chi connectivity index (χ3v) is 2.95. The van der Waals surface area contributed by atoms with Gasteiger partial charge in [0.05, 0.1) is 18.3 Å². The summed E-state index contributed by atoms with van der Waals surface area (Å²) in [4.78, 5) is 10.6. The molecule has 0 radical (unpaired) electrons. The highest BCUT2D eigenvalue weighted by molar-refractivity contribution is 5.73. The molecule has 1 heterocycles. The van der Waals surface area contributed by atoms with E-state index in [-0.39, 0.29) is 5.41 Å². The summed E-state index contributed by atoms with van der Waals surface area (Å²) >= 11 is 0. The van der Waals surface area contributed by atoms with Gasteiger partial charge in [-0.3, -0.25) is 9.48 Å². The summed E-state index contributed by atoms with van der Waals surface area (Å²) in [6, 6.07) is 8.53. The molecule has 0 amide bonds. The quantitative estimate of drug-likeness (QED) is 0.775. The molecule has 1 aromatic heterocycles. The van der Waals surface area contributed by atoms with Gasteiger partial charge in [0.2, 0.25) is 0 Å². The average molecular weight is 242 g/mol. The summed E-state index contributed by atoms with van der Waals surface area (Å²) in [5, 5.41) is 4.14. The largest absolute Gasteiger partial charge is 0.298 e. The molecular weight excluding hydrogens is 224 g/mol. The van der Waals surface area contributed by atoms with Crippen LogP contribution in [0.3, 0.4) is 0 Å². The first-order valence-corrected chi connectivity index (χ1v) is 6.06. The van der Waals surface area contributed by atoms with E-state index in [9.17, 15) is 4.79 Å². The highest BCUT2D eigenvalue weighted by Crippen LogP contribution is 2.22. The van der Waals surface area contributed by atoms with Crippen molar-refractivity contribution in [3.63, 3.8) is 0 Å². The maximum Gasteiger partial charge on any atom is 0.153 e. The highest BCUT2D eigenvalue weighted by atomic mass is 16.1. The summed E-state index contributed by atoms with van der Waals surface area (Å²) < 4.78 is 1.77. The third kappa shape index (κ3) is 2.86. The predicted octanol–water partition coefficient (Wildman–Crippen LogP) is 3.04. The van der Waals surface area contributed by atoms with Crippen molar-refractivity contribution in [3.05, 3.63) is 53.3 Å². The molecule has 0 N–H and O–H groups in total. The number of aromatic nitrogens is 2. The lowest BCUT2D eigenvalue weighted by Gasteiger charge is -2.19. The van der Waals surface area contributed by atoms with Crippen LogP contribution in [0.25, 0.3) is 0 Å². The van der Waals surface area contributed by atoms with Crippen molar-refractivity contribution >= 4 is 6.29 Å². The fraction of sp³-hybridized carbons (Fsp3) is 0.333. The Morgan fingerprint density at radius 3 is 2.39 bits per heavy atom. The van der Waals surface area contributed by atoms with E-state index < -0.39 is 0 Å². The van der Waals surface area contributed by atoms with Crippen LogP contribution in [-0.4, -0.2) is 16.1 Å². The number of carbonyl (C=O) groups excluding carboxylic acids is 1. The van der Waals surface area contributed by atoms with E-state index in [0.717, 1.165) is 6.29 Å². The zero-order valence-corrected chi connectivity index (χ0v) is 11.1. The topological polar surface area (TPSA) is 34.9 Å². The highest BCUT2D eigenvalue weighted by Gasteiger charge is 2.12. The van der Waals surface area contributed by atoms with Crippen LogP contribution in [0.1, 0.15) is 42.3 Å². The number of carbonyl (C=O) groups is 1. The van der Waals surface area contributed by atoms with Crippen LogP contribution >= 0.6 is 0 Å². The molecule has 2 aromatic rings. The number of hydrogen-bond acceptors (Lipinski definition) is 2. The van der Waals surface area contributed by atoms with Crippen molar-refractivity contribution in [2.24, 2.45) is 0 Å². The van der Waals surface area contributed by atoms with Gasteiger partial charge < -0.3 is 0 Å². The Hall–Kier alpha value is -1.90. The van der Waals surface area contributed by atoms with Crippen LogP contribution < -0.4 is 0 Å². The normalized spacial score (nSPS) is 11.5. The molecule has 3 heteroatoms. The van der Waals surface area contributed by atoms with E-state index in [2.05, 4.69) is 50.1 Å². The van der Waals surface area contributed by atoms with E-state index in [0.29, 0.717) is 12.1 Å². The molecule has 0 aliphatic heterocycles. The molecule has 94 valence electrons. The van der Waals surface area contributed by atoms with E-state index in [1.807, 2.05) is 0 Å². The Morgan fingerprint density at radius 1 is 1.22 bits per heavy atom. The molecule has 0 aliphatic rings. The van der Waals surface area contributed by atoms with Crippen LogP contribution in [-0.2, 0) is 12.0 Å². The SMILES string of the molecule is CC(C)(C)c1ccc(Cn2cc(C=O)cn2)cc1. The molecular formula is C15H18N2O. The van der Waals surface area contributed by atoms with Crippen molar-refractivity contribution in [2.75, 3.05) is 0 Å². The Balaban J connectivity index is 2.13. The Morgan fingerprint density at radius 2 is 1.89 bits per heavy atom. The average Bonchev–Trinajstić information content (AvgIpc) is 2.76. The van der Waals surface area contributed by atoms with E-state index >= 15 is 0 Å². The van der Waals surface area contributed by atoms with Gasteiger partial charge in [-0.15, -0.1) is 0 Å². The van der Waals surface area contributed by atoms with Gasteiger partial charge in [-0.05, 0) is 16.5 Å². The van der Waals surface area contributed by atoms with Gasteiger partial charge in [0.15, 0.2) is 6.29 Å². The molecule has 1 aromatic carbocycles. The minimum absolute atomic E-state index is 0.176. The minimum Gasteiger partial charge on any atom is -0.298 e. The van der Waals surface area contributed by atoms with Gasteiger partial charge in [-0.2, -0.15) is 5.10 Å². The van der Waals surface area contributed by atoms with Crippen molar-refractivity contribution < 1.29 is 4.79 Å². The van der Waals surface area contributed by atoms with E-state index in [1.54, 1.807) is 17.1 Å². The molecule has 2 rings (SSSR count). The molecule has 0 spiro atoms. The summed E-state index contributed by atoms with van der Waals surface area (Å²) in [7, 11) is 0. The van der Waals surface area contributed by atoms with Crippen LogP contribution in [0.15, 0.2) is 36.7 Å². The Kier molecular flexibility index (Phi) is 3.32. The van der Waals surface area contributed by atoms with Crippen LogP contribution in [0.5, 0.6) is 0 Å². The molecule has 0 saturated heterocycles. The molecule has 0 aliphatic carbocycles. The maximum atomic E-state index is 10.6. The first-order valence-electron chi connectivity index (χ1n) is 6.06. The second kappa shape index (κ2) is 4.77. The second-order valence-corrected chi connectivity index (χ2v) is 5.54. The van der Waals surface area contributed by atoms with Crippen molar-refractivity contribution in [1.29, 1.82) is 0 Å². The van der Waals surface area contributed by atoms with Gasteiger partial charge in [0.25, 0.3) is 0 Å². The van der Waals surface area contributed by atoms with E-state index in [1.165, 1.54) is 11.1 Å². The maximum absolute atomic E-state index is 10.6. The summed E-state index contributed by atoms with van der Waals surface area (Å²) in [6.45, 7) is 7.29. The van der Waals surface area contributed by atoms with Crippen LogP contribution in [0.2, 0.25) is 0 Å². The van der Waals surface area contributed by atoms with Crippen LogP contribution in [0.4, 0.5) is 0 Å². The number of benzene rings is 1. The fourth-order valence-corrected chi connectivity index (χ4v) is 1.82. The zero-order valence-electron chi connectivity index (χ0n) is 11.1. The van der Waals surface area contributed by atoms with Gasteiger partial charge in [-0.25, -0.2) is 0 Å². The van der Waals surface area contributed by atoms with Gasteiger partial charge in [-0.1, -0.05) is 45.0 Å². The molecule has 0 unspecified atom stereocenters. The summed E-state index contributed by atoms with van der Waals surface area (Å²) in [5.74, 6) is 0. The first-order chi connectivity index (χ1) is 8.49. The van der Waals surface area contributed by atoms with E-state index in [4.69, 9.17) is 0 Å². The number of aldehydes is 1. The van der Waals surface area contributed by atoms with Gasteiger partial charge in [0.1, 0.15) is 0 Å². The number of nitrogens with zero attached hydrogens (tertiary/aromatic N) is 2. The van der Waals surface area contributed by atoms with Crippen molar-refractivity contribution in [1.82, 2.24) is 9.78 Å². The number of hydrogen-bond donors (Lipinski definition) is 0. The minimum atomic E-state index is 0.176. The third-order valence-electron chi connectivity index (χ3n) is 2.95. The second-order valence-electron chi connectivity index (χ2n) is 5.54. The van der Waals surface area contributed by atoms with Gasteiger partial charge in [0, 0.05) is 6.20 Å². The summed E-state index contributed by atoms with van der Waals surface area (Å²) in [5.41, 5.74) is 3.29. The van der Waals surface area contributed by atoms with Crippen molar-refractivity contribution in [3.8, 4) is 0 Å². The molecule has 0 bridgehead atoms. The molecule has 3 nitrogen and oxygen atoms in total. The lowest BCUT2D eigenvalue weighted by atomic mass is 9.87. The number of rotatable bonds is 3. The van der Waals surface area contributed by atoms with Crippen molar-refractivity contribution in [2.45, 2.75) is 32.7 Å². The lowest BCUT2D eigenvalue weighted by Crippen LogP contribution is -2.11. The Labute approximate surface area is 107 Å².